The van der Waals surface area contributed by atoms with Gasteiger partial charge in [-0.15, -0.1) is 0 Å². The lowest BCUT2D eigenvalue weighted by Crippen LogP contribution is -2.32. The Morgan fingerprint density at radius 2 is 2.29 bits per heavy atom. The smallest absolute Gasteiger partial charge is 0.331 e. The average molecular weight is 211 g/mol. The molecule has 0 bridgehead atoms. The number of hydrogen-bond acceptors (Lipinski definition) is 3. The Kier molecular flexibility index (Phi) is 2.09. The molecule has 0 atom stereocenters. The van der Waals surface area contributed by atoms with Crippen molar-refractivity contribution in [3.8, 4) is 11.4 Å². The fourth-order valence-corrected chi connectivity index (χ4v) is 1.35. The minimum atomic E-state index is 0.519. The van der Waals surface area contributed by atoms with Crippen LogP contribution in [0.5, 0.6) is 0 Å². The number of hydrogen-bond donors (Lipinski definition) is 2. The third kappa shape index (κ3) is 1.42. The molecule has 14 heavy (non-hydrogen) atoms. The van der Waals surface area contributed by atoms with Crippen LogP contribution in [0, 0.1) is 0 Å². The van der Waals surface area contributed by atoms with Crippen LogP contribution in [0.25, 0.3) is 11.4 Å². The van der Waals surface area contributed by atoms with Gasteiger partial charge in [0.1, 0.15) is 5.10 Å². The largest absolute Gasteiger partial charge is 0.398 e. The first-order chi connectivity index (χ1) is 6.68. The van der Waals surface area contributed by atoms with Crippen LogP contribution in [0.2, 0.25) is 5.02 Å². The van der Waals surface area contributed by atoms with Gasteiger partial charge in [0.2, 0.25) is 0 Å². The molecule has 3 N–H and O–H groups in total. The molecule has 6 heteroatoms. The molecule has 0 fully saturated rings. The van der Waals surface area contributed by atoms with E-state index >= 15 is 0 Å². The quantitative estimate of drug-likeness (QED) is 0.533. The van der Waals surface area contributed by atoms with Crippen molar-refractivity contribution in [1.29, 1.82) is 0 Å². The molecule has 0 amide bonds. The highest BCUT2D eigenvalue weighted by Gasteiger charge is 2.14. The van der Waals surface area contributed by atoms with E-state index in [4.69, 9.17) is 17.3 Å². The van der Waals surface area contributed by atoms with E-state index in [0.29, 0.717) is 16.5 Å². The second-order valence-electron chi connectivity index (χ2n) is 2.92. The maximum absolute atomic E-state index is 5.89. The van der Waals surface area contributed by atoms with Crippen molar-refractivity contribution in [2.24, 2.45) is 7.05 Å². The number of nitrogens with zero attached hydrogens (tertiary/aromatic N) is 3. The lowest BCUT2D eigenvalue weighted by Gasteiger charge is -1.98. The van der Waals surface area contributed by atoms with Crippen molar-refractivity contribution in [1.82, 2.24) is 15.5 Å². The SMILES string of the molecule is C[n+]1[nH]nnc1-c1ccc(N)c(Cl)c1. The lowest BCUT2D eigenvalue weighted by molar-refractivity contribution is -0.721. The fourth-order valence-electron chi connectivity index (χ4n) is 1.17. The Labute approximate surface area is 85.5 Å². The molecule has 1 aromatic carbocycles. The highest BCUT2D eigenvalue weighted by molar-refractivity contribution is 6.33. The molecule has 0 radical (unpaired) electrons. The molecular formula is C8H9ClN5+. The minimum absolute atomic E-state index is 0.519. The second-order valence-corrected chi connectivity index (χ2v) is 3.33. The number of nitrogens with two attached hydrogens (primary N) is 1. The van der Waals surface area contributed by atoms with Crippen LogP contribution in [-0.4, -0.2) is 15.5 Å². The molecule has 0 unspecified atom stereocenters. The summed E-state index contributed by atoms with van der Waals surface area (Å²) >= 11 is 5.89. The monoisotopic (exact) mass is 210 g/mol. The molecule has 2 rings (SSSR count). The number of benzene rings is 1. The fraction of sp³-hybridized carbons (Fsp3) is 0.125. The van der Waals surface area contributed by atoms with Crippen LogP contribution in [0.4, 0.5) is 5.69 Å². The summed E-state index contributed by atoms with van der Waals surface area (Å²) < 4.78 is 1.70. The highest BCUT2D eigenvalue weighted by atomic mass is 35.5. The number of rotatable bonds is 1. The van der Waals surface area contributed by atoms with E-state index in [9.17, 15) is 0 Å². The highest BCUT2D eigenvalue weighted by Crippen LogP contribution is 2.23. The zero-order valence-corrected chi connectivity index (χ0v) is 8.28. The van der Waals surface area contributed by atoms with Gasteiger partial charge in [0.15, 0.2) is 5.21 Å². The van der Waals surface area contributed by atoms with E-state index in [0.717, 1.165) is 5.56 Å². The van der Waals surface area contributed by atoms with Crippen LogP contribution in [0.1, 0.15) is 0 Å². The molecule has 1 aromatic heterocycles. The first kappa shape index (κ1) is 8.96. The second kappa shape index (κ2) is 3.26. The Balaban J connectivity index is 2.53. The minimum Gasteiger partial charge on any atom is -0.398 e. The number of aromatic amines is 1. The number of halogens is 1. The summed E-state index contributed by atoms with van der Waals surface area (Å²) in [4.78, 5) is 0. The molecule has 0 saturated heterocycles. The van der Waals surface area contributed by atoms with Crippen molar-refractivity contribution in [2.45, 2.75) is 0 Å². The van der Waals surface area contributed by atoms with E-state index in [-0.39, 0.29) is 0 Å². The third-order valence-electron chi connectivity index (χ3n) is 1.92. The molecule has 0 aliphatic carbocycles. The van der Waals surface area contributed by atoms with Gasteiger partial charge >= 0.3 is 5.82 Å². The predicted molar refractivity (Wildman–Crippen MR) is 52.4 cm³/mol. The number of tetrazole rings is 1. The molecule has 1 heterocycles. The van der Waals surface area contributed by atoms with E-state index in [2.05, 4.69) is 15.5 Å². The van der Waals surface area contributed by atoms with Crippen LogP contribution in [0.15, 0.2) is 18.2 Å². The van der Waals surface area contributed by atoms with Crippen LogP contribution in [-0.2, 0) is 7.05 Å². The van der Waals surface area contributed by atoms with E-state index in [1.807, 2.05) is 13.1 Å². The summed E-state index contributed by atoms with van der Waals surface area (Å²) in [5.41, 5.74) is 7.03. The maximum atomic E-state index is 5.89. The molecule has 2 aromatic rings. The maximum Gasteiger partial charge on any atom is 0.331 e. The molecule has 0 aliphatic rings. The standard InChI is InChI=1S/C8H8ClN5/c1-14-8(11-12-13-14)5-2-3-7(10)6(9)4-5/h2-4H,1H3,(H2,10,11,13)/p+1. The molecule has 0 spiro atoms. The molecular weight excluding hydrogens is 202 g/mol. The van der Waals surface area contributed by atoms with Crippen molar-refractivity contribution in [2.75, 3.05) is 5.73 Å². The number of aryl methyl sites for hydroxylation is 1. The average Bonchev–Trinajstić information content (AvgIpc) is 2.57. The zero-order chi connectivity index (χ0) is 10.1. The van der Waals surface area contributed by atoms with Crippen LogP contribution < -0.4 is 10.4 Å². The van der Waals surface area contributed by atoms with Crippen molar-refractivity contribution in [3.63, 3.8) is 0 Å². The molecule has 72 valence electrons. The van der Waals surface area contributed by atoms with E-state index in [1.165, 1.54) is 0 Å². The topological polar surface area (TPSA) is 71.5 Å². The predicted octanol–water partition coefficient (Wildman–Crippen LogP) is 0.532. The van der Waals surface area contributed by atoms with E-state index < -0.39 is 0 Å². The summed E-state index contributed by atoms with van der Waals surface area (Å²) in [5.74, 6) is 0.715. The Bertz CT molecular complexity index is 465. The first-order valence-electron chi connectivity index (χ1n) is 4.01. The zero-order valence-electron chi connectivity index (χ0n) is 7.53. The Morgan fingerprint density at radius 3 is 2.86 bits per heavy atom. The Hall–Kier alpha value is -1.62. The van der Waals surface area contributed by atoms with Gasteiger partial charge in [0.05, 0.1) is 23.3 Å². The third-order valence-corrected chi connectivity index (χ3v) is 2.24. The number of aromatic nitrogens is 4. The van der Waals surface area contributed by atoms with Crippen molar-refractivity contribution >= 4 is 17.3 Å². The van der Waals surface area contributed by atoms with E-state index in [1.54, 1.807) is 16.8 Å². The number of anilines is 1. The van der Waals surface area contributed by atoms with Crippen LogP contribution >= 0.6 is 11.6 Å². The van der Waals surface area contributed by atoms with Crippen molar-refractivity contribution in [3.05, 3.63) is 23.2 Å². The van der Waals surface area contributed by atoms with Gasteiger partial charge in [-0.1, -0.05) is 16.8 Å². The van der Waals surface area contributed by atoms with Crippen molar-refractivity contribution < 1.29 is 4.68 Å². The Morgan fingerprint density at radius 1 is 1.50 bits per heavy atom. The molecule has 0 saturated carbocycles. The molecule has 5 nitrogen and oxygen atoms in total. The summed E-state index contributed by atoms with van der Waals surface area (Å²) in [6.07, 6.45) is 0. The normalized spacial score (nSPS) is 10.4. The van der Waals surface area contributed by atoms with Gasteiger partial charge in [-0.25, -0.2) is 0 Å². The summed E-state index contributed by atoms with van der Waals surface area (Å²) in [7, 11) is 1.82. The van der Waals surface area contributed by atoms with Crippen LogP contribution in [0.3, 0.4) is 0 Å². The van der Waals surface area contributed by atoms with Gasteiger partial charge in [-0.3, -0.25) is 0 Å². The summed E-state index contributed by atoms with van der Waals surface area (Å²) in [6, 6.07) is 5.35. The number of H-pyrrole nitrogens is 1. The van der Waals surface area contributed by atoms with Gasteiger partial charge in [0.25, 0.3) is 0 Å². The summed E-state index contributed by atoms with van der Waals surface area (Å²) in [6.45, 7) is 0. The summed E-state index contributed by atoms with van der Waals surface area (Å²) in [5, 5.41) is 10.8. The number of nitrogens with one attached hydrogen (secondary N) is 1. The number of nitrogen functional groups attached to an aromatic ring is 1. The van der Waals surface area contributed by atoms with Gasteiger partial charge in [0, 0.05) is 0 Å². The van der Waals surface area contributed by atoms with Gasteiger partial charge < -0.3 is 5.73 Å². The lowest BCUT2D eigenvalue weighted by atomic mass is 10.2. The molecule has 0 aliphatic heterocycles. The van der Waals surface area contributed by atoms with Gasteiger partial charge in [-0.05, 0) is 18.2 Å². The first-order valence-corrected chi connectivity index (χ1v) is 4.39. The van der Waals surface area contributed by atoms with Gasteiger partial charge in [-0.2, -0.15) is 4.68 Å².